The highest BCUT2D eigenvalue weighted by molar-refractivity contribution is 7.91. The van der Waals surface area contributed by atoms with Crippen LogP contribution in [0.4, 0.5) is 0 Å². The van der Waals surface area contributed by atoms with E-state index in [0.717, 1.165) is 16.7 Å². The van der Waals surface area contributed by atoms with Crippen LogP contribution in [0.15, 0.2) is 17.0 Å². The lowest BCUT2D eigenvalue weighted by molar-refractivity contribution is 0.568. The van der Waals surface area contributed by atoms with Crippen molar-refractivity contribution in [3.8, 4) is 0 Å². The van der Waals surface area contributed by atoms with Crippen molar-refractivity contribution < 1.29 is 8.42 Å². The molecule has 0 aliphatic carbocycles. The van der Waals surface area contributed by atoms with Gasteiger partial charge in [0.15, 0.2) is 9.84 Å². The summed E-state index contributed by atoms with van der Waals surface area (Å²) in [6.07, 6.45) is 0.526. The van der Waals surface area contributed by atoms with E-state index in [2.05, 4.69) is 0 Å². The summed E-state index contributed by atoms with van der Waals surface area (Å²) in [6.45, 7) is 3.90. The Morgan fingerprint density at radius 3 is 2.53 bits per heavy atom. The average Bonchev–Trinajstić information content (AvgIpc) is 2.16. The third kappa shape index (κ3) is 1.68. The van der Waals surface area contributed by atoms with Crippen LogP contribution < -0.4 is 5.73 Å². The molecule has 0 fully saturated rings. The first kappa shape index (κ1) is 10.6. The fraction of sp³-hybridized carbons (Fsp3) is 0.455. The van der Waals surface area contributed by atoms with Crippen LogP contribution >= 0.6 is 0 Å². The first-order valence-corrected chi connectivity index (χ1v) is 6.66. The van der Waals surface area contributed by atoms with Gasteiger partial charge in [-0.1, -0.05) is 6.07 Å². The minimum absolute atomic E-state index is 0.136. The quantitative estimate of drug-likeness (QED) is 0.727. The Morgan fingerprint density at radius 2 is 1.87 bits per heavy atom. The minimum Gasteiger partial charge on any atom is -0.324 e. The number of nitrogens with two attached hydrogens (primary N) is 1. The molecule has 1 heterocycles. The summed E-state index contributed by atoms with van der Waals surface area (Å²) in [5.41, 5.74) is 8.81. The molecule has 1 aliphatic heterocycles. The normalized spacial score (nSPS) is 23.5. The molecule has 0 radical (unpaired) electrons. The van der Waals surface area contributed by atoms with E-state index < -0.39 is 9.84 Å². The summed E-state index contributed by atoms with van der Waals surface area (Å²) >= 11 is 0. The molecule has 0 saturated carbocycles. The van der Waals surface area contributed by atoms with Gasteiger partial charge in [-0.15, -0.1) is 0 Å². The fourth-order valence-electron chi connectivity index (χ4n) is 1.92. The second-order valence-corrected chi connectivity index (χ2v) is 6.27. The number of hydrogen-bond acceptors (Lipinski definition) is 3. The number of fused-ring (bicyclic) bond motifs is 1. The van der Waals surface area contributed by atoms with E-state index in [-0.39, 0.29) is 11.8 Å². The lowest BCUT2D eigenvalue weighted by Gasteiger charge is -2.23. The van der Waals surface area contributed by atoms with E-state index in [0.29, 0.717) is 11.3 Å². The highest BCUT2D eigenvalue weighted by Gasteiger charge is 2.28. The summed E-state index contributed by atoms with van der Waals surface area (Å²) in [5, 5.41) is 0. The summed E-state index contributed by atoms with van der Waals surface area (Å²) in [7, 11) is -3.09. The topological polar surface area (TPSA) is 60.2 Å². The molecule has 0 spiro atoms. The van der Waals surface area contributed by atoms with Crippen LogP contribution in [-0.2, 0) is 9.84 Å². The second kappa shape index (κ2) is 3.32. The maximum absolute atomic E-state index is 11.8. The van der Waals surface area contributed by atoms with Gasteiger partial charge in [-0.2, -0.15) is 0 Å². The molecule has 1 aromatic rings. The van der Waals surface area contributed by atoms with E-state index in [9.17, 15) is 8.42 Å². The third-order valence-corrected chi connectivity index (χ3v) is 4.86. The first-order valence-electron chi connectivity index (χ1n) is 5.01. The Labute approximate surface area is 90.2 Å². The van der Waals surface area contributed by atoms with Crippen molar-refractivity contribution in [3.05, 3.63) is 28.8 Å². The van der Waals surface area contributed by atoms with Crippen LogP contribution in [0.3, 0.4) is 0 Å². The van der Waals surface area contributed by atoms with Crippen molar-refractivity contribution in [1.82, 2.24) is 0 Å². The van der Waals surface area contributed by atoms with Gasteiger partial charge >= 0.3 is 0 Å². The Bertz CT molecular complexity index is 506. The van der Waals surface area contributed by atoms with Gasteiger partial charge in [-0.3, -0.25) is 0 Å². The second-order valence-electron chi connectivity index (χ2n) is 4.19. The van der Waals surface area contributed by atoms with Gasteiger partial charge in [-0.25, -0.2) is 8.42 Å². The first-order chi connectivity index (χ1) is 6.92. The van der Waals surface area contributed by atoms with Crippen molar-refractivity contribution in [1.29, 1.82) is 0 Å². The van der Waals surface area contributed by atoms with Gasteiger partial charge in [0.25, 0.3) is 0 Å². The molecule has 2 N–H and O–H groups in total. The van der Waals surface area contributed by atoms with Crippen molar-refractivity contribution >= 4 is 9.84 Å². The zero-order chi connectivity index (χ0) is 11.2. The smallest absolute Gasteiger partial charge is 0.178 e. The highest BCUT2D eigenvalue weighted by Crippen LogP contribution is 2.32. The Balaban J connectivity index is 2.74. The molecule has 3 nitrogen and oxygen atoms in total. The Morgan fingerprint density at radius 1 is 1.27 bits per heavy atom. The van der Waals surface area contributed by atoms with Crippen LogP contribution in [-0.4, -0.2) is 14.2 Å². The van der Waals surface area contributed by atoms with Gasteiger partial charge in [0, 0.05) is 6.04 Å². The zero-order valence-electron chi connectivity index (χ0n) is 8.95. The zero-order valence-corrected chi connectivity index (χ0v) is 9.76. The molecular weight excluding hydrogens is 210 g/mol. The minimum atomic E-state index is -3.09. The molecule has 15 heavy (non-hydrogen) atoms. The van der Waals surface area contributed by atoms with Crippen molar-refractivity contribution in [2.45, 2.75) is 31.2 Å². The molecule has 1 aliphatic rings. The van der Waals surface area contributed by atoms with Gasteiger partial charge < -0.3 is 5.73 Å². The molecule has 0 amide bonds. The average molecular weight is 225 g/mol. The van der Waals surface area contributed by atoms with Crippen LogP contribution in [0.2, 0.25) is 0 Å². The van der Waals surface area contributed by atoms with E-state index in [1.807, 2.05) is 19.9 Å². The van der Waals surface area contributed by atoms with E-state index >= 15 is 0 Å². The molecule has 1 unspecified atom stereocenters. The number of sulfone groups is 1. The third-order valence-electron chi connectivity index (χ3n) is 3.06. The van der Waals surface area contributed by atoms with Gasteiger partial charge in [-0.05, 0) is 43.0 Å². The molecule has 1 aromatic carbocycles. The monoisotopic (exact) mass is 225 g/mol. The molecule has 4 heteroatoms. The van der Waals surface area contributed by atoms with Crippen LogP contribution in [0.25, 0.3) is 0 Å². The lowest BCUT2D eigenvalue weighted by atomic mass is 9.99. The van der Waals surface area contributed by atoms with Crippen molar-refractivity contribution in [3.63, 3.8) is 0 Å². The van der Waals surface area contributed by atoms with Gasteiger partial charge in [0.1, 0.15) is 0 Å². The van der Waals surface area contributed by atoms with E-state index in [1.165, 1.54) is 0 Å². The standard InChI is InChI=1S/C11H15NO2S/c1-7-5-9-10(12)3-4-15(13,14)11(9)6-8(7)2/h5-6,10H,3-4,12H2,1-2H3. The predicted octanol–water partition coefficient (Wildman–Crippen LogP) is 1.48. The molecular formula is C11H15NO2S. The lowest BCUT2D eigenvalue weighted by Crippen LogP contribution is -2.25. The summed E-state index contributed by atoms with van der Waals surface area (Å²) in [6, 6.07) is 3.52. The Hall–Kier alpha value is -0.870. The number of rotatable bonds is 0. The van der Waals surface area contributed by atoms with E-state index in [4.69, 9.17) is 5.73 Å². The maximum atomic E-state index is 11.8. The predicted molar refractivity (Wildman–Crippen MR) is 59.5 cm³/mol. The number of hydrogen-bond donors (Lipinski definition) is 1. The van der Waals surface area contributed by atoms with Crippen LogP contribution in [0, 0.1) is 13.8 Å². The number of benzene rings is 1. The number of aryl methyl sites for hydroxylation is 2. The van der Waals surface area contributed by atoms with Crippen LogP contribution in [0.5, 0.6) is 0 Å². The summed E-state index contributed by atoms with van der Waals surface area (Å²) in [5.74, 6) is 0.170. The van der Waals surface area contributed by atoms with Crippen molar-refractivity contribution in [2.24, 2.45) is 5.73 Å². The molecule has 0 saturated heterocycles. The van der Waals surface area contributed by atoms with Gasteiger partial charge in [0.2, 0.25) is 0 Å². The molecule has 2 rings (SSSR count). The van der Waals surface area contributed by atoms with E-state index in [1.54, 1.807) is 6.07 Å². The maximum Gasteiger partial charge on any atom is 0.178 e. The summed E-state index contributed by atoms with van der Waals surface area (Å²) < 4.78 is 23.7. The molecule has 0 aromatic heterocycles. The van der Waals surface area contributed by atoms with Crippen molar-refractivity contribution in [2.75, 3.05) is 5.75 Å². The fourth-order valence-corrected chi connectivity index (χ4v) is 3.63. The largest absolute Gasteiger partial charge is 0.324 e. The molecule has 0 bridgehead atoms. The summed E-state index contributed by atoms with van der Waals surface area (Å²) in [4.78, 5) is 0.435. The molecule has 1 atom stereocenters. The Kier molecular flexibility index (Phi) is 2.35. The highest BCUT2D eigenvalue weighted by atomic mass is 32.2. The van der Waals surface area contributed by atoms with Gasteiger partial charge in [0.05, 0.1) is 10.6 Å². The molecule has 82 valence electrons. The van der Waals surface area contributed by atoms with Crippen LogP contribution in [0.1, 0.15) is 29.2 Å². The SMILES string of the molecule is Cc1cc2c(cc1C)S(=O)(=O)CCC2N.